The molecule has 20 heavy (non-hydrogen) atoms. The second-order valence-corrected chi connectivity index (χ2v) is 6.29. The van der Waals surface area contributed by atoms with E-state index in [0.717, 1.165) is 31.9 Å². The molecule has 1 saturated carbocycles. The molecule has 1 aliphatic carbocycles. The van der Waals surface area contributed by atoms with E-state index >= 15 is 0 Å². The summed E-state index contributed by atoms with van der Waals surface area (Å²) in [5.41, 5.74) is 5.08. The fraction of sp³-hybridized carbons (Fsp3) is 0.688. The number of nitrogens with two attached hydrogens (primary N) is 1. The first-order valence-electron chi connectivity index (χ1n) is 7.49. The van der Waals surface area contributed by atoms with Gasteiger partial charge in [-0.3, -0.25) is 4.98 Å². The van der Waals surface area contributed by atoms with Crippen LogP contribution in [-0.4, -0.2) is 16.6 Å². The van der Waals surface area contributed by atoms with Crippen LogP contribution in [0.3, 0.4) is 0 Å². The Hall–Kier alpha value is -1.00. The second kappa shape index (κ2) is 5.78. The lowest BCUT2D eigenvalue weighted by Crippen LogP contribution is -2.51. The number of pyridine rings is 1. The van der Waals surface area contributed by atoms with Gasteiger partial charge in [-0.25, -0.2) is 4.39 Å². The van der Waals surface area contributed by atoms with Gasteiger partial charge in [0.15, 0.2) is 0 Å². The van der Waals surface area contributed by atoms with Crippen molar-refractivity contribution in [3.05, 3.63) is 29.8 Å². The molecule has 0 aromatic carbocycles. The molecule has 3 N–H and O–H groups in total. The highest BCUT2D eigenvalue weighted by Gasteiger charge is 2.50. The van der Waals surface area contributed by atoms with Crippen molar-refractivity contribution in [1.82, 2.24) is 4.98 Å². The summed E-state index contributed by atoms with van der Waals surface area (Å²) in [5.74, 6) is 0.209. The molecular weight excluding hydrogens is 255 g/mol. The van der Waals surface area contributed by atoms with E-state index in [1.54, 1.807) is 13.0 Å². The number of nitrogens with zero attached hydrogens (tertiary/aromatic N) is 1. The topological polar surface area (TPSA) is 59.1 Å². The van der Waals surface area contributed by atoms with Gasteiger partial charge in [0.2, 0.25) is 0 Å². The van der Waals surface area contributed by atoms with Crippen LogP contribution in [0.4, 0.5) is 4.39 Å². The van der Waals surface area contributed by atoms with E-state index < -0.39 is 5.60 Å². The minimum atomic E-state index is -1.12. The van der Waals surface area contributed by atoms with Crippen molar-refractivity contribution in [3.63, 3.8) is 0 Å². The van der Waals surface area contributed by atoms with Gasteiger partial charge in [-0.15, -0.1) is 0 Å². The summed E-state index contributed by atoms with van der Waals surface area (Å²) in [6.07, 6.45) is 6.35. The van der Waals surface area contributed by atoms with E-state index in [1.165, 1.54) is 12.5 Å². The van der Waals surface area contributed by atoms with E-state index in [4.69, 9.17) is 5.73 Å². The monoisotopic (exact) mass is 280 g/mol. The standard InChI is InChI=1S/C16H25FN2O/c1-3-12-5-4-8-16(9-12,11-18)15(2,20)14-7-6-13(17)10-19-14/h6-7,10,12,20H,3-5,8-9,11,18H2,1-2H3. The maximum absolute atomic E-state index is 13.0. The lowest BCUT2D eigenvalue weighted by Gasteiger charge is -2.49. The molecule has 1 fully saturated rings. The summed E-state index contributed by atoms with van der Waals surface area (Å²) in [5, 5.41) is 11.1. The summed E-state index contributed by atoms with van der Waals surface area (Å²) in [6.45, 7) is 4.38. The van der Waals surface area contributed by atoms with Crippen LogP contribution in [0.1, 0.15) is 51.6 Å². The normalized spacial score (nSPS) is 29.9. The summed E-state index contributed by atoms with van der Waals surface area (Å²) in [6, 6.07) is 2.92. The number of halogens is 1. The van der Waals surface area contributed by atoms with Crippen molar-refractivity contribution >= 4 is 0 Å². The lowest BCUT2D eigenvalue weighted by molar-refractivity contribution is -0.105. The third-order valence-electron chi connectivity index (χ3n) is 5.17. The SMILES string of the molecule is CCC1CCCC(CN)(C(C)(O)c2ccc(F)cn2)C1. The van der Waals surface area contributed by atoms with E-state index in [2.05, 4.69) is 11.9 Å². The fourth-order valence-electron chi connectivity index (χ4n) is 3.60. The molecule has 0 saturated heterocycles. The number of hydrogen-bond donors (Lipinski definition) is 2. The second-order valence-electron chi connectivity index (χ2n) is 6.29. The third kappa shape index (κ3) is 2.59. The highest BCUT2D eigenvalue weighted by atomic mass is 19.1. The molecule has 0 bridgehead atoms. The zero-order valence-electron chi connectivity index (χ0n) is 12.4. The lowest BCUT2D eigenvalue weighted by atomic mass is 9.59. The Balaban J connectivity index is 2.35. The van der Waals surface area contributed by atoms with Crippen molar-refractivity contribution < 1.29 is 9.50 Å². The number of aromatic nitrogens is 1. The van der Waals surface area contributed by atoms with Crippen LogP contribution in [0.5, 0.6) is 0 Å². The third-order valence-corrected chi connectivity index (χ3v) is 5.17. The van der Waals surface area contributed by atoms with E-state index in [-0.39, 0.29) is 11.2 Å². The molecule has 1 heterocycles. The van der Waals surface area contributed by atoms with Crippen molar-refractivity contribution in [3.8, 4) is 0 Å². The summed E-state index contributed by atoms with van der Waals surface area (Å²) in [7, 11) is 0. The first-order valence-corrected chi connectivity index (χ1v) is 7.49. The maximum Gasteiger partial charge on any atom is 0.141 e. The molecule has 4 heteroatoms. The Kier molecular flexibility index (Phi) is 4.45. The molecular formula is C16H25FN2O. The zero-order valence-corrected chi connectivity index (χ0v) is 12.4. The number of rotatable bonds is 4. The molecule has 0 amide bonds. The quantitative estimate of drug-likeness (QED) is 0.891. The van der Waals surface area contributed by atoms with Crippen molar-refractivity contribution in [2.24, 2.45) is 17.1 Å². The van der Waals surface area contributed by atoms with Crippen LogP contribution in [-0.2, 0) is 5.60 Å². The van der Waals surface area contributed by atoms with E-state index in [9.17, 15) is 9.50 Å². The molecule has 0 radical (unpaired) electrons. The van der Waals surface area contributed by atoms with Crippen molar-refractivity contribution in [2.75, 3.05) is 6.54 Å². The predicted molar refractivity (Wildman–Crippen MR) is 77.5 cm³/mol. The van der Waals surface area contributed by atoms with Crippen LogP contribution in [0.15, 0.2) is 18.3 Å². The largest absolute Gasteiger partial charge is 0.383 e. The molecule has 2 rings (SSSR count). The zero-order chi connectivity index (χ0) is 14.8. The first kappa shape index (κ1) is 15.4. The van der Waals surface area contributed by atoms with Gasteiger partial charge in [-0.05, 0) is 37.8 Å². The van der Waals surface area contributed by atoms with Crippen LogP contribution in [0.25, 0.3) is 0 Å². The molecule has 0 aliphatic heterocycles. The smallest absolute Gasteiger partial charge is 0.141 e. The Morgan fingerprint density at radius 3 is 2.85 bits per heavy atom. The molecule has 3 nitrogen and oxygen atoms in total. The van der Waals surface area contributed by atoms with E-state index in [1.807, 2.05) is 0 Å². The Morgan fingerprint density at radius 1 is 1.55 bits per heavy atom. The minimum Gasteiger partial charge on any atom is -0.383 e. The molecule has 0 spiro atoms. The van der Waals surface area contributed by atoms with Gasteiger partial charge < -0.3 is 10.8 Å². The minimum absolute atomic E-state index is 0.364. The summed E-state index contributed by atoms with van der Waals surface area (Å²) in [4.78, 5) is 4.09. The first-order chi connectivity index (χ1) is 9.45. The van der Waals surface area contributed by atoms with Gasteiger partial charge in [0, 0.05) is 12.0 Å². The van der Waals surface area contributed by atoms with E-state index in [0.29, 0.717) is 18.2 Å². The van der Waals surface area contributed by atoms with Crippen molar-refractivity contribution in [1.29, 1.82) is 0 Å². The summed E-state index contributed by atoms with van der Waals surface area (Å²) < 4.78 is 13.0. The number of hydrogen-bond acceptors (Lipinski definition) is 3. The molecule has 112 valence electrons. The van der Waals surface area contributed by atoms with Gasteiger partial charge in [-0.2, -0.15) is 0 Å². The van der Waals surface area contributed by atoms with Gasteiger partial charge in [-0.1, -0.05) is 26.2 Å². The highest BCUT2D eigenvalue weighted by Crippen LogP contribution is 2.50. The van der Waals surface area contributed by atoms with Gasteiger partial charge in [0.25, 0.3) is 0 Å². The average molecular weight is 280 g/mol. The molecule has 3 unspecified atom stereocenters. The van der Waals surface area contributed by atoms with Crippen LogP contribution < -0.4 is 5.73 Å². The highest BCUT2D eigenvalue weighted by molar-refractivity contribution is 5.18. The Morgan fingerprint density at radius 2 is 2.30 bits per heavy atom. The van der Waals surface area contributed by atoms with Crippen LogP contribution >= 0.6 is 0 Å². The van der Waals surface area contributed by atoms with Gasteiger partial charge in [0.1, 0.15) is 11.4 Å². The molecule has 1 aliphatic rings. The van der Waals surface area contributed by atoms with Gasteiger partial charge in [0.05, 0.1) is 11.9 Å². The average Bonchev–Trinajstić information content (AvgIpc) is 2.47. The van der Waals surface area contributed by atoms with Crippen LogP contribution in [0.2, 0.25) is 0 Å². The molecule has 1 aromatic rings. The predicted octanol–water partition coefficient (Wildman–Crippen LogP) is 2.97. The Bertz CT molecular complexity index is 446. The number of aliphatic hydroxyl groups is 1. The molecule has 1 aromatic heterocycles. The van der Waals surface area contributed by atoms with Crippen LogP contribution in [0, 0.1) is 17.2 Å². The fourth-order valence-corrected chi connectivity index (χ4v) is 3.60. The molecule has 3 atom stereocenters. The Labute approximate surface area is 120 Å². The van der Waals surface area contributed by atoms with Crippen molar-refractivity contribution in [2.45, 2.75) is 51.6 Å². The van der Waals surface area contributed by atoms with Gasteiger partial charge >= 0.3 is 0 Å². The summed E-state index contributed by atoms with van der Waals surface area (Å²) >= 11 is 0. The maximum atomic E-state index is 13.0.